The molecule has 2 aliphatic rings. The van der Waals surface area contributed by atoms with Gasteiger partial charge in [0.25, 0.3) is 0 Å². The van der Waals surface area contributed by atoms with Crippen molar-refractivity contribution in [1.82, 2.24) is 4.90 Å². The van der Waals surface area contributed by atoms with E-state index in [4.69, 9.17) is 4.74 Å². The molecule has 1 N–H and O–H groups in total. The van der Waals surface area contributed by atoms with Crippen molar-refractivity contribution >= 4 is 0 Å². The molecule has 1 saturated heterocycles. The molecule has 0 spiro atoms. The topological polar surface area (TPSA) is 32.7 Å². The molecular formula is C31H37NO2. The molecule has 3 heteroatoms. The van der Waals surface area contributed by atoms with Crippen LogP contribution in [0.4, 0.5) is 0 Å². The van der Waals surface area contributed by atoms with Gasteiger partial charge in [0, 0.05) is 23.5 Å². The quantitative estimate of drug-likeness (QED) is 0.356. The fourth-order valence-electron chi connectivity index (χ4n) is 5.71. The van der Waals surface area contributed by atoms with Gasteiger partial charge in [0.1, 0.15) is 11.5 Å². The standard InChI is InChI=1S/C31H37NO2/c33-27-17-18-28-30(22-27)34-23-29(25-11-5-3-6-12-25)31(28)26-15-13-24(14-16-26)10-4-1-2-7-19-32-20-8-9-21-32/h3,5-6,11-18,22,29,31,33H,1-2,4,7-10,19-21,23H2/t29-,31-/m0/s1. The summed E-state index contributed by atoms with van der Waals surface area (Å²) in [5.74, 6) is 1.52. The Labute approximate surface area is 204 Å². The lowest BCUT2D eigenvalue weighted by atomic mass is 9.75. The molecule has 1 fully saturated rings. The highest BCUT2D eigenvalue weighted by molar-refractivity contribution is 5.50. The third-order valence-corrected chi connectivity index (χ3v) is 7.61. The van der Waals surface area contributed by atoms with Crippen LogP contribution in [0.3, 0.4) is 0 Å². The zero-order chi connectivity index (χ0) is 23.2. The molecule has 3 aromatic rings. The molecule has 3 aromatic carbocycles. The van der Waals surface area contributed by atoms with Crippen molar-refractivity contribution in [3.63, 3.8) is 0 Å². The first-order valence-corrected chi connectivity index (χ1v) is 13.1. The summed E-state index contributed by atoms with van der Waals surface area (Å²) in [5.41, 5.74) is 5.20. The van der Waals surface area contributed by atoms with E-state index in [1.807, 2.05) is 6.07 Å². The fraction of sp³-hybridized carbons (Fsp3) is 0.419. The van der Waals surface area contributed by atoms with Crippen LogP contribution in [0.1, 0.15) is 72.6 Å². The van der Waals surface area contributed by atoms with Crippen molar-refractivity contribution < 1.29 is 9.84 Å². The fourth-order valence-corrected chi connectivity index (χ4v) is 5.71. The van der Waals surface area contributed by atoms with Crippen LogP contribution in [0.2, 0.25) is 0 Å². The minimum atomic E-state index is 0.214. The summed E-state index contributed by atoms with van der Waals surface area (Å²) >= 11 is 0. The van der Waals surface area contributed by atoms with Gasteiger partial charge in [0.15, 0.2) is 0 Å². The second-order valence-corrected chi connectivity index (χ2v) is 9.98. The summed E-state index contributed by atoms with van der Waals surface area (Å²) in [5, 5.41) is 9.97. The van der Waals surface area contributed by atoms with Gasteiger partial charge in [-0.3, -0.25) is 0 Å². The summed E-state index contributed by atoms with van der Waals surface area (Å²) in [4.78, 5) is 2.62. The van der Waals surface area contributed by atoms with E-state index >= 15 is 0 Å². The Hall–Kier alpha value is -2.78. The molecule has 34 heavy (non-hydrogen) atoms. The summed E-state index contributed by atoms with van der Waals surface area (Å²) in [7, 11) is 0. The van der Waals surface area contributed by atoms with Crippen molar-refractivity contribution in [1.29, 1.82) is 0 Å². The van der Waals surface area contributed by atoms with E-state index in [2.05, 4.69) is 59.5 Å². The molecule has 0 aromatic heterocycles. The molecule has 2 atom stereocenters. The van der Waals surface area contributed by atoms with E-state index < -0.39 is 0 Å². The van der Waals surface area contributed by atoms with Crippen molar-refractivity contribution in [2.75, 3.05) is 26.2 Å². The Balaban J connectivity index is 1.24. The van der Waals surface area contributed by atoms with Crippen LogP contribution in [0.5, 0.6) is 11.5 Å². The Bertz CT molecular complexity index is 1040. The molecule has 0 aliphatic carbocycles. The summed E-state index contributed by atoms with van der Waals surface area (Å²) in [6.07, 6.45) is 9.23. The number of nitrogens with zero attached hydrogens (tertiary/aromatic N) is 1. The maximum absolute atomic E-state index is 9.97. The minimum absolute atomic E-state index is 0.214. The molecule has 5 rings (SSSR count). The zero-order valence-corrected chi connectivity index (χ0v) is 20.2. The van der Waals surface area contributed by atoms with Gasteiger partial charge in [-0.25, -0.2) is 0 Å². The van der Waals surface area contributed by atoms with Gasteiger partial charge in [-0.1, -0.05) is 73.5 Å². The van der Waals surface area contributed by atoms with Crippen molar-refractivity contribution in [2.24, 2.45) is 0 Å². The summed E-state index contributed by atoms with van der Waals surface area (Å²) < 4.78 is 6.10. The molecule has 0 saturated carbocycles. The highest BCUT2D eigenvalue weighted by Gasteiger charge is 2.33. The maximum atomic E-state index is 9.97. The largest absolute Gasteiger partial charge is 0.508 e. The van der Waals surface area contributed by atoms with Crippen LogP contribution in [0.25, 0.3) is 0 Å². The van der Waals surface area contributed by atoms with Crippen LogP contribution < -0.4 is 4.74 Å². The number of unbranched alkanes of at least 4 members (excludes halogenated alkanes) is 3. The lowest BCUT2D eigenvalue weighted by Crippen LogP contribution is -2.25. The molecule has 178 valence electrons. The number of ether oxygens (including phenoxy) is 1. The van der Waals surface area contributed by atoms with Crippen LogP contribution in [0, 0.1) is 0 Å². The number of phenols is 1. The molecule has 2 heterocycles. The van der Waals surface area contributed by atoms with Gasteiger partial charge in [0.2, 0.25) is 0 Å². The number of phenolic OH excluding ortho intramolecular Hbond substituents is 1. The number of fused-ring (bicyclic) bond motifs is 1. The van der Waals surface area contributed by atoms with Crippen LogP contribution in [0.15, 0.2) is 72.8 Å². The minimum Gasteiger partial charge on any atom is -0.508 e. The van der Waals surface area contributed by atoms with Crippen molar-refractivity contribution in [3.05, 3.63) is 95.1 Å². The first-order chi connectivity index (χ1) is 16.8. The number of aryl methyl sites for hydroxylation is 1. The van der Waals surface area contributed by atoms with Gasteiger partial charge in [-0.2, -0.15) is 0 Å². The van der Waals surface area contributed by atoms with E-state index in [0.29, 0.717) is 6.61 Å². The third kappa shape index (κ3) is 5.47. The predicted octanol–water partition coefficient (Wildman–Crippen LogP) is 6.90. The monoisotopic (exact) mass is 455 g/mol. The van der Waals surface area contributed by atoms with Gasteiger partial charge in [-0.15, -0.1) is 0 Å². The van der Waals surface area contributed by atoms with E-state index in [1.165, 1.54) is 74.8 Å². The number of benzene rings is 3. The molecular weight excluding hydrogens is 418 g/mol. The predicted molar refractivity (Wildman–Crippen MR) is 139 cm³/mol. The van der Waals surface area contributed by atoms with Gasteiger partial charge in [0.05, 0.1) is 6.61 Å². The van der Waals surface area contributed by atoms with E-state index in [1.54, 1.807) is 12.1 Å². The van der Waals surface area contributed by atoms with Crippen molar-refractivity contribution in [2.45, 2.75) is 56.8 Å². The van der Waals surface area contributed by atoms with E-state index in [0.717, 1.165) is 17.7 Å². The SMILES string of the molecule is Oc1ccc2c(c1)OC[C@@H](c1ccccc1)[C@H]2c1ccc(CCCCCCN2CCCC2)cc1. The molecule has 0 amide bonds. The van der Waals surface area contributed by atoms with Gasteiger partial charge in [-0.05, 0) is 74.5 Å². The maximum Gasteiger partial charge on any atom is 0.126 e. The highest BCUT2D eigenvalue weighted by atomic mass is 16.5. The van der Waals surface area contributed by atoms with E-state index in [-0.39, 0.29) is 17.6 Å². The lowest BCUT2D eigenvalue weighted by molar-refractivity contribution is 0.248. The normalized spacial score (nSPS) is 20.1. The van der Waals surface area contributed by atoms with Crippen molar-refractivity contribution in [3.8, 4) is 11.5 Å². The third-order valence-electron chi connectivity index (χ3n) is 7.61. The Morgan fingerprint density at radius 3 is 2.35 bits per heavy atom. The average Bonchev–Trinajstić information content (AvgIpc) is 3.40. The number of hydrogen-bond donors (Lipinski definition) is 1. The summed E-state index contributed by atoms with van der Waals surface area (Å²) in [6, 6.07) is 25.5. The van der Waals surface area contributed by atoms with Crippen LogP contribution in [-0.4, -0.2) is 36.2 Å². The number of likely N-dealkylation sites (tertiary alicyclic amines) is 1. The molecule has 2 aliphatic heterocycles. The molecule has 0 bridgehead atoms. The number of rotatable bonds is 9. The molecule has 3 nitrogen and oxygen atoms in total. The highest BCUT2D eigenvalue weighted by Crippen LogP contribution is 2.46. The second-order valence-electron chi connectivity index (χ2n) is 9.98. The average molecular weight is 456 g/mol. The Morgan fingerprint density at radius 2 is 1.56 bits per heavy atom. The summed E-state index contributed by atoms with van der Waals surface area (Å²) in [6.45, 7) is 4.54. The van der Waals surface area contributed by atoms with Crippen LogP contribution >= 0.6 is 0 Å². The first-order valence-electron chi connectivity index (χ1n) is 13.1. The Kier molecular flexibility index (Phi) is 7.50. The Morgan fingerprint density at radius 1 is 0.794 bits per heavy atom. The smallest absolute Gasteiger partial charge is 0.126 e. The second kappa shape index (κ2) is 11.1. The number of aromatic hydroxyl groups is 1. The van der Waals surface area contributed by atoms with Crippen LogP contribution in [-0.2, 0) is 6.42 Å². The molecule has 0 unspecified atom stereocenters. The molecule has 0 radical (unpaired) electrons. The lowest BCUT2D eigenvalue weighted by Gasteiger charge is -2.34. The zero-order valence-electron chi connectivity index (χ0n) is 20.2. The van der Waals surface area contributed by atoms with Gasteiger partial charge >= 0.3 is 0 Å². The first kappa shape index (κ1) is 23.0. The van der Waals surface area contributed by atoms with Gasteiger partial charge < -0.3 is 14.7 Å². The number of hydrogen-bond acceptors (Lipinski definition) is 3. The van der Waals surface area contributed by atoms with E-state index in [9.17, 15) is 5.11 Å².